The number of fused-ring (bicyclic) bond motifs is 1. The zero-order valence-corrected chi connectivity index (χ0v) is 12.7. The Labute approximate surface area is 118 Å². The van der Waals surface area contributed by atoms with Crippen LogP contribution < -0.4 is 5.32 Å². The van der Waals surface area contributed by atoms with Gasteiger partial charge in [-0.05, 0) is 46.2 Å². The number of hydrogen-bond donors (Lipinski definition) is 1. The summed E-state index contributed by atoms with van der Waals surface area (Å²) < 4.78 is 5.34. The highest BCUT2D eigenvalue weighted by Crippen LogP contribution is 2.23. The molecule has 2 saturated heterocycles. The number of nitrogens with one attached hydrogen (secondary N) is 1. The largest absolute Gasteiger partial charge is 0.382 e. The molecule has 112 valence electrons. The van der Waals surface area contributed by atoms with Crippen molar-refractivity contribution in [3.05, 3.63) is 0 Å². The summed E-state index contributed by atoms with van der Waals surface area (Å²) in [6.45, 7) is 13.4. The summed E-state index contributed by atoms with van der Waals surface area (Å²) >= 11 is 0. The maximum absolute atomic E-state index is 5.34. The van der Waals surface area contributed by atoms with Crippen molar-refractivity contribution >= 4 is 0 Å². The SMILES string of the molecule is CCOCCCNCCN1CC2CCCN2CC1C. The first kappa shape index (κ1) is 15.2. The molecule has 0 aromatic heterocycles. The van der Waals surface area contributed by atoms with Gasteiger partial charge >= 0.3 is 0 Å². The van der Waals surface area contributed by atoms with Gasteiger partial charge in [0.2, 0.25) is 0 Å². The van der Waals surface area contributed by atoms with Crippen LogP contribution >= 0.6 is 0 Å². The van der Waals surface area contributed by atoms with E-state index in [1.165, 1.54) is 39.0 Å². The van der Waals surface area contributed by atoms with Crippen LogP contribution in [0.15, 0.2) is 0 Å². The summed E-state index contributed by atoms with van der Waals surface area (Å²) in [6, 6.07) is 1.56. The number of nitrogens with zero attached hydrogens (tertiary/aromatic N) is 2. The molecule has 0 aromatic carbocycles. The van der Waals surface area contributed by atoms with Gasteiger partial charge in [-0.3, -0.25) is 9.80 Å². The highest BCUT2D eigenvalue weighted by atomic mass is 16.5. The molecule has 2 aliphatic heterocycles. The van der Waals surface area contributed by atoms with Gasteiger partial charge in [0.1, 0.15) is 0 Å². The monoisotopic (exact) mass is 269 g/mol. The highest BCUT2D eigenvalue weighted by Gasteiger charge is 2.33. The molecule has 1 N–H and O–H groups in total. The van der Waals surface area contributed by atoms with Crippen LogP contribution in [0.25, 0.3) is 0 Å². The molecule has 0 amide bonds. The molecule has 2 fully saturated rings. The van der Waals surface area contributed by atoms with Gasteiger partial charge in [-0.1, -0.05) is 0 Å². The number of rotatable bonds is 8. The van der Waals surface area contributed by atoms with Crippen molar-refractivity contribution in [2.24, 2.45) is 0 Å². The fourth-order valence-corrected chi connectivity index (χ4v) is 3.35. The first-order valence-corrected chi connectivity index (χ1v) is 8.07. The van der Waals surface area contributed by atoms with Crippen LogP contribution in [0.2, 0.25) is 0 Å². The lowest BCUT2D eigenvalue weighted by Gasteiger charge is -2.42. The van der Waals surface area contributed by atoms with Crippen LogP contribution in [-0.2, 0) is 4.74 Å². The van der Waals surface area contributed by atoms with Crippen molar-refractivity contribution in [1.29, 1.82) is 0 Å². The third kappa shape index (κ3) is 4.71. The van der Waals surface area contributed by atoms with Crippen molar-refractivity contribution in [2.75, 3.05) is 52.5 Å². The maximum atomic E-state index is 5.34. The first-order valence-electron chi connectivity index (χ1n) is 8.07. The average molecular weight is 269 g/mol. The predicted molar refractivity (Wildman–Crippen MR) is 79.6 cm³/mol. The van der Waals surface area contributed by atoms with Crippen LogP contribution in [0, 0.1) is 0 Å². The first-order chi connectivity index (χ1) is 9.31. The van der Waals surface area contributed by atoms with Crippen molar-refractivity contribution in [2.45, 2.75) is 45.2 Å². The smallest absolute Gasteiger partial charge is 0.0477 e. The third-order valence-corrected chi connectivity index (χ3v) is 4.49. The Hall–Kier alpha value is -0.160. The standard InChI is InChI=1S/C15H31N3O/c1-3-19-11-5-7-16-8-10-17-13-15-6-4-9-18(15)12-14(17)2/h14-16H,3-13H2,1-2H3. The van der Waals surface area contributed by atoms with E-state index in [0.717, 1.165) is 44.8 Å². The summed E-state index contributed by atoms with van der Waals surface area (Å²) in [5, 5.41) is 3.54. The maximum Gasteiger partial charge on any atom is 0.0477 e. The Bertz CT molecular complexity index is 250. The van der Waals surface area contributed by atoms with Gasteiger partial charge in [-0.25, -0.2) is 0 Å². The van der Waals surface area contributed by atoms with Crippen LogP contribution in [0.3, 0.4) is 0 Å². The molecule has 4 heteroatoms. The summed E-state index contributed by atoms with van der Waals surface area (Å²) in [4.78, 5) is 5.36. The number of hydrogen-bond acceptors (Lipinski definition) is 4. The fourth-order valence-electron chi connectivity index (χ4n) is 3.35. The van der Waals surface area contributed by atoms with Crippen LogP contribution in [0.4, 0.5) is 0 Å². The van der Waals surface area contributed by atoms with Crippen LogP contribution in [0.5, 0.6) is 0 Å². The van der Waals surface area contributed by atoms with Gasteiger partial charge in [0, 0.05) is 51.5 Å². The topological polar surface area (TPSA) is 27.7 Å². The predicted octanol–water partition coefficient (Wildman–Crippen LogP) is 1.17. The van der Waals surface area contributed by atoms with Crippen molar-refractivity contribution in [3.8, 4) is 0 Å². The summed E-state index contributed by atoms with van der Waals surface area (Å²) in [5.41, 5.74) is 0. The fraction of sp³-hybridized carbons (Fsp3) is 1.00. The van der Waals surface area contributed by atoms with Crippen molar-refractivity contribution in [3.63, 3.8) is 0 Å². The minimum Gasteiger partial charge on any atom is -0.382 e. The lowest BCUT2D eigenvalue weighted by molar-refractivity contribution is 0.0602. The molecule has 2 unspecified atom stereocenters. The Morgan fingerprint density at radius 2 is 2.16 bits per heavy atom. The van der Waals surface area contributed by atoms with Crippen LogP contribution in [0.1, 0.15) is 33.1 Å². The quantitative estimate of drug-likeness (QED) is 0.670. The molecule has 2 rings (SSSR count). The van der Waals surface area contributed by atoms with E-state index in [-0.39, 0.29) is 0 Å². The lowest BCUT2D eigenvalue weighted by Crippen LogP contribution is -2.56. The molecule has 0 spiro atoms. The molecule has 2 aliphatic rings. The van der Waals surface area contributed by atoms with E-state index in [4.69, 9.17) is 4.74 Å². The van der Waals surface area contributed by atoms with E-state index in [0.29, 0.717) is 0 Å². The summed E-state index contributed by atoms with van der Waals surface area (Å²) in [5.74, 6) is 0. The van der Waals surface area contributed by atoms with Gasteiger partial charge < -0.3 is 10.1 Å². The minimum absolute atomic E-state index is 0.722. The number of ether oxygens (including phenoxy) is 1. The van der Waals surface area contributed by atoms with Gasteiger partial charge in [0.25, 0.3) is 0 Å². The molecule has 0 aromatic rings. The molecule has 2 atom stereocenters. The molecule has 0 aliphatic carbocycles. The van der Waals surface area contributed by atoms with Gasteiger partial charge in [-0.15, -0.1) is 0 Å². The molecule has 19 heavy (non-hydrogen) atoms. The lowest BCUT2D eigenvalue weighted by atomic mass is 10.1. The number of piperazine rings is 1. The third-order valence-electron chi connectivity index (χ3n) is 4.49. The Balaban J connectivity index is 1.55. The molecular formula is C15H31N3O. The molecule has 0 bridgehead atoms. The normalized spacial score (nSPS) is 28.7. The minimum atomic E-state index is 0.722. The van der Waals surface area contributed by atoms with Gasteiger partial charge in [0.05, 0.1) is 0 Å². The zero-order chi connectivity index (χ0) is 13.5. The summed E-state index contributed by atoms with van der Waals surface area (Å²) in [7, 11) is 0. The van der Waals surface area contributed by atoms with Crippen LogP contribution in [-0.4, -0.2) is 74.4 Å². The van der Waals surface area contributed by atoms with Gasteiger partial charge in [0.15, 0.2) is 0 Å². The van der Waals surface area contributed by atoms with E-state index in [2.05, 4.69) is 29.0 Å². The zero-order valence-electron chi connectivity index (χ0n) is 12.7. The highest BCUT2D eigenvalue weighted by molar-refractivity contribution is 4.90. The molecule has 2 heterocycles. The van der Waals surface area contributed by atoms with E-state index >= 15 is 0 Å². The van der Waals surface area contributed by atoms with Crippen molar-refractivity contribution in [1.82, 2.24) is 15.1 Å². The van der Waals surface area contributed by atoms with E-state index in [1.807, 2.05) is 0 Å². The van der Waals surface area contributed by atoms with Crippen molar-refractivity contribution < 1.29 is 4.74 Å². The Kier molecular flexibility index (Phi) is 6.57. The average Bonchev–Trinajstić information content (AvgIpc) is 2.84. The van der Waals surface area contributed by atoms with E-state index in [1.54, 1.807) is 0 Å². The Morgan fingerprint density at radius 1 is 1.26 bits per heavy atom. The second-order valence-corrected chi connectivity index (χ2v) is 5.94. The second kappa shape index (κ2) is 8.20. The molecular weight excluding hydrogens is 238 g/mol. The van der Waals surface area contributed by atoms with E-state index < -0.39 is 0 Å². The van der Waals surface area contributed by atoms with Gasteiger partial charge in [-0.2, -0.15) is 0 Å². The summed E-state index contributed by atoms with van der Waals surface area (Å²) in [6.07, 6.45) is 3.94. The molecule has 0 radical (unpaired) electrons. The Morgan fingerprint density at radius 3 is 3.00 bits per heavy atom. The molecule has 0 saturated carbocycles. The molecule has 4 nitrogen and oxygen atoms in total. The second-order valence-electron chi connectivity index (χ2n) is 5.94. The van der Waals surface area contributed by atoms with E-state index in [9.17, 15) is 0 Å².